The van der Waals surface area contributed by atoms with E-state index in [-0.39, 0.29) is 0 Å². The highest BCUT2D eigenvalue weighted by molar-refractivity contribution is 7.18. The number of hydrogen-bond donors (Lipinski definition) is 0. The zero-order valence-corrected chi connectivity index (χ0v) is 8.98. The van der Waals surface area contributed by atoms with E-state index < -0.39 is 0 Å². The molecule has 0 radical (unpaired) electrons. The highest BCUT2D eigenvalue weighted by Crippen LogP contribution is 2.37. The van der Waals surface area contributed by atoms with Gasteiger partial charge in [0.2, 0.25) is 0 Å². The molecule has 0 saturated heterocycles. The number of methoxy groups -OCH3 is 1. The second kappa shape index (κ2) is 3.59. The summed E-state index contributed by atoms with van der Waals surface area (Å²) in [4.78, 5) is 10.6. The lowest BCUT2D eigenvalue weighted by Gasteiger charge is -2.03. The molecule has 1 heterocycles. The van der Waals surface area contributed by atoms with Gasteiger partial charge in [-0.2, -0.15) is 0 Å². The van der Waals surface area contributed by atoms with Crippen molar-refractivity contribution in [2.45, 2.75) is 0 Å². The first kappa shape index (κ1) is 9.49. The second-order valence-corrected chi connectivity index (χ2v) is 4.12. The summed E-state index contributed by atoms with van der Waals surface area (Å²) in [5.41, 5.74) is 0.605. The Bertz CT molecular complexity index is 490. The van der Waals surface area contributed by atoms with Crippen LogP contribution in [0.5, 0.6) is 5.75 Å². The molecule has 0 saturated carbocycles. The number of halogens is 1. The zero-order valence-electron chi connectivity index (χ0n) is 7.41. The molecular weight excluding hydrogens is 220 g/mol. The molecule has 72 valence electrons. The van der Waals surface area contributed by atoms with E-state index >= 15 is 0 Å². The van der Waals surface area contributed by atoms with Gasteiger partial charge in [0, 0.05) is 15.6 Å². The third kappa shape index (κ3) is 1.38. The summed E-state index contributed by atoms with van der Waals surface area (Å²) >= 11 is 7.50. The fourth-order valence-electron chi connectivity index (χ4n) is 1.34. The van der Waals surface area contributed by atoms with Gasteiger partial charge < -0.3 is 4.74 Å². The first-order valence-corrected chi connectivity index (χ1v) is 5.22. The van der Waals surface area contributed by atoms with Crippen molar-refractivity contribution in [2.75, 3.05) is 7.11 Å². The zero-order chi connectivity index (χ0) is 10.1. The van der Waals surface area contributed by atoms with E-state index in [1.54, 1.807) is 19.2 Å². The molecule has 0 atom stereocenters. The molecule has 0 aliphatic carbocycles. The van der Waals surface area contributed by atoms with E-state index in [0.29, 0.717) is 16.3 Å². The Balaban J connectivity index is 2.82. The average molecular weight is 227 g/mol. The minimum absolute atomic E-state index is 0.605. The van der Waals surface area contributed by atoms with Crippen molar-refractivity contribution in [1.29, 1.82) is 0 Å². The maximum atomic E-state index is 10.6. The lowest BCUT2D eigenvalue weighted by Crippen LogP contribution is -1.86. The SMILES string of the molecule is COc1cc(C=O)cc2scc(Cl)c12. The molecule has 0 amide bonds. The minimum atomic E-state index is 0.605. The van der Waals surface area contributed by atoms with Crippen LogP contribution in [0.25, 0.3) is 10.1 Å². The number of fused-ring (bicyclic) bond motifs is 1. The topological polar surface area (TPSA) is 26.3 Å². The van der Waals surface area contributed by atoms with Gasteiger partial charge >= 0.3 is 0 Å². The Kier molecular flexibility index (Phi) is 2.44. The van der Waals surface area contributed by atoms with E-state index in [0.717, 1.165) is 16.4 Å². The summed E-state index contributed by atoms with van der Waals surface area (Å²) in [6.07, 6.45) is 0.801. The van der Waals surface area contributed by atoms with E-state index in [9.17, 15) is 4.79 Å². The van der Waals surface area contributed by atoms with Crippen molar-refractivity contribution in [3.8, 4) is 5.75 Å². The maximum absolute atomic E-state index is 10.6. The van der Waals surface area contributed by atoms with Gasteiger partial charge in [-0.3, -0.25) is 4.79 Å². The van der Waals surface area contributed by atoms with Gasteiger partial charge in [-0.25, -0.2) is 0 Å². The van der Waals surface area contributed by atoms with Crippen molar-refractivity contribution in [3.05, 3.63) is 28.1 Å². The van der Waals surface area contributed by atoms with E-state index in [1.807, 2.05) is 5.38 Å². The Hall–Kier alpha value is -1.06. The van der Waals surface area contributed by atoms with Crippen LogP contribution in [0.4, 0.5) is 0 Å². The summed E-state index contributed by atoms with van der Waals surface area (Å²) in [6.45, 7) is 0. The number of ether oxygens (including phenoxy) is 1. The first-order chi connectivity index (χ1) is 6.76. The number of hydrogen-bond acceptors (Lipinski definition) is 3. The summed E-state index contributed by atoms with van der Waals surface area (Å²) < 4.78 is 6.14. The monoisotopic (exact) mass is 226 g/mol. The molecule has 0 N–H and O–H groups in total. The minimum Gasteiger partial charge on any atom is -0.496 e. The van der Waals surface area contributed by atoms with Gasteiger partial charge in [0.1, 0.15) is 12.0 Å². The van der Waals surface area contributed by atoms with Crippen LogP contribution in [-0.4, -0.2) is 13.4 Å². The number of carbonyl (C=O) groups excluding carboxylic acids is 1. The predicted octanol–water partition coefficient (Wildman–Crippen LogP) is 3.38. The Morgan fingerprint density at radius 3 is 2.93 bits per heavy atom. The molecule has 2 aromatic rings. The molecule has 0 fully saturated rings. The van der Waals surface area contributed by atoms with Gasteiger partial charge in [0.25, 0.3) is 0 Å². The molecule has 0 spiro atoms. The number of carbonyl (C=O) groups is 1. The van der Waals surface area contributed by atoms with Gasteiger partial charge in [0.15, 0.2) is 0 Å². The van der Waals surface area contributed by atoms with Crippen molar-refractivity contribution in [3.63, 3.8) is 0 Å². The lowest BCUT2D eigenvalue weighted by atomic mass is 10.2. The molecule has 0 unspecified atom stereocenters. The quantitative estimate of drug-likeness (QED) is 0.734. The standard InChI is InChI=1S/C10H7ClO2S/c1-13-8-2-6(4-12)3-9-10(8)7(11)5-14-9/h2-5H,1H3. The van der Waals surface area contributed by atoms with Crippen LogP contribution in [0.15, 0.2) is 17.5 Å². The summed E-state index contributed by atoms with van der Waals surface area (Å²) in [6, 6.07) is 3.50. The molecule has 1 aromatic carbocycles. The third-order valence-electron chi connectivity index (χ3n) is 1.97. The van der Waals surface area contributed by atoms with Crippen LogP contribution in [0.3, 0.4) is 0 Å². The van der Waals surface area contributed by atoms with Gasteiger partial charge in [-0.1, -0.05) is 11.6 Å². The molecule has 2 nitrogen and oxygen atoms in total. The largest absolute Gasteiger partial charge is 0.496 e. The second-order valence-electron chi connectivity index (χ2n) is 2.80. The molecular formula is C10H7ClO2S. The molecule has 0 aliphatic rings. The smallest absolute Gasteiger partial charge is 0.150 e. The Morgan fingerprint density at radius 2 is 2.29 bits per heavy atom. The number of rotatable bonds is 2. The van der Waals surface area contributed by atoms with E-state index in [2.05, 4.69) is 0 Å². The molecule has 14 heavy (non-hydrogen) atoms. The predicted molar refractivity (Wildman–Crippen MR) is 58.8 cm³/mol. The highest BCUT2D eigenvalue weighted by Gasteiger charge is 2.09. The molecule has 0 aliphatic heterocycles. The van der Waals surface area contributed by atoms with Crippen molar-refractivity contribution >= 4 is 39.3 Å². The number of aldehydes is 1. The normalized spacial score (nSPS) is 10.4. The van der Waals surface area contributed by atoms with Crippen molar-refractivity contribution in [1.82, 2.24) is 0 Å². The van der Waals surface area contributed by atoms with E-state index in [1.165, 1.54) is 11.3 Å². The first-order valence-electron chi connectivity index (χ1n) is 3.96. The van der Waals surface area contributed by atoms with Crippen LogP contribution in [0.1, 0.15) is 10.4 Å². The third-order valence-corrected chi connectivity index (χ3v) is 3.33. The average Bonchev–Trinajstić information content (AvgIpc) is 2.59. The Labute approximate surface area is 90.1 Å². The van der Waals surface area contributed by atoms with Gasteiger partial charge in [0.05, 0.1) is 17.5 Å². The molecule has 1 aromatic heterocycles. The number of benzene rings is 1. The van der Waals surface area contributed by atoms with Crippen molar-refractivity contribution in [2.24, 2.45) is 0 Å². The summed E-state index contributed by atoms with van der Waals surface area (Å²) in [5.74, 6) is 0.649. The molecule has 0 bridgehead atoms. The van der Waals surface area contributed by atoms with Gasteiger partial charge in [-0.05, 0) is 12.1 Å². The van der Waals surface area contributed by atoms with Crippen LogP contribution in [0.2, 0.25) is 5.02 Å². The highest BCUT2D eigenvalue weighted by atomic mass is 35.5. The number of thiophene rings is 1. The van der Waals surface area contributed by atoms with Crippen molar-refractivity contribution < 1.29 is 9.53 Å². The summed E-state index contributed by atoms with van der Waals surface area (Å²) in [7, 11) is 1.57. The molecule has 4 heteroatoms. The van der Waals surface area contributed by atoms with E-state index in [4.69, 9.17) is 16.3 Å². The lowest BCUT2D eigenvalue weighted by molar-refractivity contribution is 0.112. The van der Waals surface area contributed by atoms with Crippen LogP contribution >= 0.6 is 22.9 Å². The van der Waals surface area contributed by atoms with Crippen LogP contribution in [0, 0.1) is 0 Å². The van der Waals surface area contributed by atoms with Crippen LogP contribution < -0.4 is 4.74 Å². The van der Waals surface area contributed by atoms with Crippen LogP contribution in [-0.2, 0) is 0 Å². The van der Waals surface area contributed by atoms with Gasteiger partial charge in [-0.15, -0.1) is 11.3 Å². The fraction of sp³-hybridized carbons (Fsp3) is 0.100. The fourth-order valence-corrected chi connectivity index (χ4v) is 2.61. The molecule has 2 rings (SSSR count). The maximum Gasteiger partial charge on any atom is 0.150 e. The summed E-state index contributed by atoms with van der Waals surface area (Å²) in [5, 5.41) is 3.38. The Morgan fingerprint density at radius 1 is 1.50 bits per heavy atom.